The molecule has 2 aromatic rings. The van der Waals surface area contributed by atoms with Crippen LogP contribution in [0.3, 0.4) is 0 Å². The minimum atomic E-state index is 0.570. The first-order valence-electron chi connectivity index (χ1n) is 8.37. The number of benzene rings is 1. The predicted octanol–water partition coefficient (Wildman–Crippen LogP) is 3.80. The summed E-state index contributed by atoms with van der Waals surface area (Å²) in [6.45, 7) is 8.99. The smallest absolute Gasteiger partial charge is 0.166 e. The fraction of sp³-hybridized carbons (Fsp3) is 0.500. The summed E-state index contributed by atoms with van der Waals surface area (Å²) < 4.78 is 5.45. The van der Waals surface area contributed by atoms with E-state index in [1.54, 1.807) is 0 Å². The second kappa shape index (κ2) is 7.99. The van der Waals surface area contributed by atoms with Gasteiger partial charge in [-0.3, -0.25) is 4.90 Å². The Morgan fingerprint density at radius 1 is 1.26 bits per heavy atom. The average molecular weight is 331 g/mol. The zero-order valence-electron chi connectivity index (χ0n) is 13.9. The lowest BCUT2D eigenvalue weighted by molar-refractivity contribution is 0.0337. The van der Waals surface area contributed by atoms with E-state index in [1.807, 2.05) is 17.8 Å². The molecule has 1 fully saturated rings. The molecule has 0 spiro atoms. The molecule has 1 aliphatic heterocycles. The van der Waals surface area contributed by atoms with Gasteiger partial charge in [-0.15, -0.1) is 0 Å². The van der Waals surface area contributed by atoms with E-state index in [2.05, 4.69) is 48.0 Å². The van der Waals surface area contributed by atoms with E-state index in [4.69, 9.17) is 9.72 Å². The molecule has 1 atom stereocenters. The molecule has 1 unspecified atom stereocenters. The summed E-state index contributed by atoms with van der Waals surface area (Å²) >= 11 is 1.83. The quantitative estimate of drug-likeness (QED) is 0.818. The van der Waals surface area contributed by atoms with Crippen LogP contribution in [0.2, 0.25) is 0 Å². The third-order valence-corrected chi connectivity index (χ3v) is 5.33. The van der Waals surface area contributed by atoms with Crippen LogP contribution in [0.15, 0.2) is 35.5 Å². The van der Waals surface area contributed by atoms with Crippen molar-refractivity contribution in [3.05, 3.63) is 36.0 Å². The van der Waals surface area contributed by atoms with Crippen molar-refractivity contribution in [1.29, 1.82) is 0 Å². The molecular formula is C18H25N3OS. The maximum atomic E-state index is 5.45. The van der Waals surface area contributed by atoms with Gasteiger partial charge in [0.15, 0.2) is 5.16 Å². The lowest BCUT2D eigenvalue weighted by Crippen LogP contribution is -2.35. The Bertz CT molecular complexity index is 608. The molecule has 0 amide bonds. The third-order valence-electron chi connectivity index (χ3n) is 4.18. The minimum Gasteiger partial charge on any atom is -0.379 e. The molecule has 1 aromatic carbocycles. The largest absolute Gasteiger partial charge is 0.379 e. The first kappa shape index (κ1) is 16.6. The molecule has 0 saturated carbocycles. The molecule has 4 nitrogen and oxygen atoms in total. The van der Waals surface area contributed by atoms with Crippen LogP contribution in [-0.4, -0.2) is 46.4 Å². The molecule has 23 heavy (non-hydrogen) atoms. The summed E-state index contributed by atoms with van der Waals surface area (Å²) in [6.07, 6.45) is 1.14. The lowest BCUT2D eigenvalue weighted by Gasteiger charge is -2.26. The number of thioether (sulfide) groups is 1. The van der Waals surface area contributed by atoms with Crippen LogP contribution in [-0.2, 0) is 11.3 Å². The monoisotopic (exact) mass is 331 g/mol. The fourth-order valence-corrected chi connectivity index (χ4v) is 3.52. The van der Waals surface area contributed by atoms with Crippen LogP contribution in [0.1, 0.15) is 26.0 Å². The van der Waals surface area contributed by atoms with Gasteiger partial charge in [-0.2, -0.15) is 0 Å². The van der Waals surface area contributed by atoms with Gasteiger partial charge >= 0.3 is 0 Å². The van der Waals surface area contributed by atoms with Gasteiger partial charge in [0, 0.05) is 30.4 Å². The SMILES string of the molecule is CCC(C)Sc1nc(-c2ccccc2)c(CN2CCOCC2)[nH]1. The molecule has 0 radical (unpaired) electrons. The molecule has 5 heteroatoms. The van der Waals surface area contributed by atoms with Crippen molar-refractivity contribution in [3.8, 4) is 11.3 Å². The van der Waals surface area contributed by atoms with Crippen LogP contribution in [0.4, 0.5) is 0 Å². The second-order valence-electron chi connectivity index (χ2n) is 5.96. The van der Waals surface area contributed by atoms with Gasteiger partial charge < -0.3 is 9.72 Å². The maximum Gasteiger partial charge on any atom is 0.166 e. The highest BCUT2D eigenvalue weighted by atomic mass is 32.2. The van der Waals surface area contributed by atoms with Crippen molar-refractivity contribution in [2.75, 3.05) is 26.3 Å². The molecule has 2 heterocycles. The van der Waals surface area contributed by atoms with Crippen LogP contribution in [0.5, 0.6) is 0 Å². The number of nitrogens with one attached hydrogen (secondary N) is 1. The van der Waals surface area contributed by atoms with Crippen LogP contribution in [0.25, 0.3) is 11.3 Å². The highest BCUT2D eigenvalue weighted by molar-refractivity contribution is 7.99. The summed E-state index contributed by atoms with van der Waals surface area (Å²) in [5.74, 6) is 0. The molecule has 1 N–H and O–H groups in total. The lowest BCUT2D eigenvalue weighted by atomic mass is 10.1. The summed E-state index contributed by atoms with van der Waals surface area (Å²) in [5, 5.41) is 1.60. The van der Waals surface area contributed by atoms with E-state index in [0.717, 1.165) is 50.1 Å². The molecule has 1 aromatic heterocycles. The van der Waals surface area contributed by atoms with E-state index in [-0.39, 0.29) is 0 Å². The Morgan fingerprint density at radius 3 is 2.70 bits per heavy atom. The number of hydrogen-bond donors (Lipinski definition) is 1. The standard InChI is InChI=1S/C18H25N3OS/c1-3-14(2)23-18-19-16(13-21-9-11-22-12-10-21)17(20-18)15-7-5-4-6-8-15/h4-8,14H,3,9-13H2,1-2H3,(H,19,20). The van der Waals surface area contributed by atoms with Crippen molar-refractivity contribution in [2.24, 2.45) is 0 Å². The normalized spacial score (nSPS) is 17.3. The Morgan fingerprint density at radius 2 is 2.00 bits per heavy atom. The molecule has 1 saturated heterocycles. The number of nitrogens with zero attached hydrogens (tertiary/aromatic N) is 2. The molecule has 0 aliphatic carbocycles. The van der Waals surface area contributed by atoms with Gasteiger partial charge in [0.05, 0.1) is 24.6 Å². The van der Waals surface area contributed by atoms with Crippen molar-refractivity contribution in [3.63, 3.8) is 0 Å². The molecule has 3 rings (SSSR count). The van der Waals surface area contributed by atoms with Gasteiger partial charge in [0.2, 0.25) is 0 Å². The van der Waals surface area contributed by atoms with E-state index < -0.39 is 0 Å². The minimum absolute atomic E-state index is 0.570. The maximum absolute atomic E-state index is 5.45. The van der Waals surface area contributed by atoms with Crippen LogP contribution < -0.4 is 0 Å². The zero-order chi connectivity index (χ0) is 16.1. The third kappa shape index (κ3) is 4.37. The van der Waals surface area contributed by atoms with Crippen molar-refractivity contribution >= 4 is 11.8 Å². The summed E-state index contributed by atoms with van der Waals surface area (Å²) in [6, 6.07) is 10.5. The van der Waals surface area contributed by atoms with Crippen LogP contribution in [0, 0.1) is 0 Å². The number of rotatable bonds is 6. The number of imidazole rings is 1. The van der Waals surface area contributed by atoms with E-state index in [9.17, 15) is 0 Å². The number of aromatic amines is 1. The molecule has 1 aliphatic rings. The highest BCUT2D eigenvalue weighted by Gasteiger charge is 2.18. The topological polar surface area (TPSA) is 41.2 Å². The Kier molecular flexibility index (Phi) is 5.75. The van der Waals surface area contributed by atoms with Crippen LogP contribution >= 0.6 is 11.8 Å². The highest BCUT2D eigenvalue weighted by Crippen LogP contribution is 2.29. The van der Waals surface area contributed by atoms with Gasteiger partial charge in [-0.05, 0) is 6.42 Å². The Balaban J connectivity index is 1.85. The summed E-state index contributed by atoms with van der Waals surface area (Å²) in [7, 11) is 0. The Labute approximate surface area is 142 Å². The van der Waals surface area contributed by atoms with Gasteiger partial charge in [-0.25, -0.2) is 4.98 Å². The van der Waals surface area contributed by atoms with E-state index in [1.165, 1.54) is 11.3 Å². The number of H-pyrrole nitrogens is 1. The summed E-state index contributed by atoms with van der Waals surface area (Å²) in [5.41, 5.74) is 3.48. The second-order valence-corrected chi connectivity index (χ2v) is 7.39. The van der Waals surface area contributed by atoms with Crippen molar-refractivity contribution in [2.45, 2.75) is 37.2 Å². The molecule has 0 bridgehead atoms. The van der Waals surface area contributed by atoms with Crippen molar-refractivity contribution < 1.29 is 4.74 Å². The van der Waals surface area contributed by atoms with Gasteiger partial charge in [0.1, 0.15) is 0 Å². The first-order chi connectivity index (χ1) is 11.3. The van der Waals surface area contributed by atoms with Gasteiger partial charge in [-0.1, -0.05) is 55.9 Å². The van der Waals surface area contributed by atoms with Crippen molar-refractivity contribution in [1.82, 2.24) is 14.9 Å². The number of aromatic nitrogens is 2. The molecular weight excluding hydrogens is 306 g/mol. The zero-order valence-corrected chi connectivity index (χ0v) is 14.7. The van der Waals surface area contributed by atoms with E-state index >= 15 is 0 Å². The number of hydrogen-bond acceptors (Lipinski definition) is 4. The predicted molar refractivity (Wildman–Crippen MR) is 95.7 cm³/mol. The average Bonchev–Trinajstić information content (AvgIpc) is 2.98. The van der Waals surface area contributed by atoms with E-state index in [0.29, 0.717) is 5.25 Å². The molecule has 124 valence electrons. The number of morpholine rings is 1. The summed E-state index contributed by atoms with van der Waals surface area (Å²) in [4.78, 5) is 10.9. The number of ether oxygens (including phenoxy) is 1. The van der Waals surface area contributed by atoms with Gasteiger partial charge in [0.25, 0.3) is 0 Å². The first-order valence-corrected chi connectivity index (χ1v) is 9.25. The fourth-order valence-electron chi connectivity index (χ4n) is 2.65. The Hall–Kier alpha value is -1.30.